The van der Waals surface area contributed by atoms with Gasteiger partial charge in [-0.1, -0.05) is 24.7 Å². The van der Waals surface area contributed by atoms with E-state index in [-0.39, 0.29) is 13.2 Å². The molecule has 1 aromatic heterocycles. The van der Waals surface area contributed by atoms with Crippen LogP contribution in [0.1, 0.15) is 47.4 Å². The second-order valence-corrected chi connectivity index (χ2v) is 8.10. The number of rotatable bonds is 9. The summed E-state index contributed by atoms with van der Waals surface area (Å²) in [6.45, 7) is 4.57. The van der Waals surface area contributed by atoms with Crippen LogP contribution in [0, 0.1) is 0 Å². The monoisotopic (exact) mass is 470 g/mol. The van der Waals surface area contributed by atoms with Crippen LogP contribution < -0.4 is 9.54 Å². The Bertz CT molecular complexity index is 1210. The van der Waals surface area contributed by atoms with Crippen molar-refractivity contribution in [2.24, 2.45) is 4.99 Å². The molecule has 1 amide bonds. The van der Waals surface area contributed by atoms with Crippen LogP contribution in [-0.4, -0.2) is 42.7 Å². The van der Waals surface area contributed by atoms with E-state index in [2.05, 4.69) is 11.9 Å². The molecule has 0 aliphatic heterocycles. The first-order chi connectivity index (χ1) is 16.0. The zero-order valence-electron chi connectivity index (χ0n) is 18.8. The average Bonchev–Trinajstić information content (AvgIpc) is 3.15. The van der Waals surface area contributed by atoms with Crippen molar-refractivity contribution in [2.75, 3.05) is 20.3 Å². The molecule has 0 unspecified atom stereocenters. The standard InChI is InChI=1S/C24H26N2O6S/c1-4-6-13-32-18-10-7-16(8-11-18)22(28)25-24-26(15-21(27)31-5-2)19-12-9-17(23(29)30-3)14-20(19)33-24/h7-12,14H,4-6,13,15H2,1-3H3. The van der Waals surface area contributed by atoms with Gasteiger partial charge in [0.1, 0.15) is 12.3 Å². The zero-order chi connectivity index (χ0) is 23.8. The number of unbranched alkanes of at least 4 members (excludes halogenated alkanes) is 1. The first-order valence-corrected chi connectivity index (χ1v) is 11.5. The number of hydrogen-bond donors (Lipinski definition) is 0. The summed E-state index contributed by atoms with van der Waals surface area (Å²) in [6.07, 6.45) is 2.00. The van der Waals surface area contributed by atoms with Gasteiger partial charge in [0.25, 0.3) is 5.91 Å². The van der Waals surface area contributed by atoms with Gasteiger partial charge in [-0.15, -0.1) is 0 Å². The van der Waals surface area contributed by atoms with Gasteiger partial charge in [-0.25, -0.2) is 4.79 Å². The van der Waals surface area contributed by atoms with E-state index >= 15 is 0 Å². The largest absolute Gasteiger partial charge is 0.494 e. The minimum atomic E-state index is -0.474. The molecule has 3 rings (SSSR count). The Hall–Kier alpha value is -3.46. The highest BCUT2D eigenvalue weighted by atomic mass is 32.1. The molecule has 9 heteroatoms. The van der Waals surface area contributed by atoms with Crippen molar-refractivity contribution in [1.82, 2.24) is 4.57 Å². The Kier molecular flexibility index (Phi) is 8.37. The third-order valence-electron chi connectivity index (χ3n) is 4.76. The van der Waals surface area contributed by atoms with Gasteiger partial charge in [0.05, 0.1) is 36.1 Å². The maximum absolute atomic E-state index is 12.8. The molecule has 0 aliphatic rings. The maximum atomic E-state index is 12.8. The third kappa shape index (κ3) is 6.07. The third-order valence-corrected chi connectivity index (χ3v) is 5.80. The van der Waals surface area contributed by atoms with E-state index in [1.165, 1.54) is 18.4 Å². The van der Waals surface area contributed by atoms with Gasteiger partial charge in [-0.05, 0) is 55.8 Å². The minimum absolute atomic E-state index is 0.109. The number of amides is 1. The number of hydrogen-bond acceptors (Lipinski definition) is 7. The Labute approximate surface area is 195 Å². The van der Waals surface area contributed by atoms with Gasteiger partial charge in [0.2, 0.25) is 0 Å². The summed E-state index contributed by atoms with van der Waals surface area (Å²) in [7, 11) is 1.31. The predicted octanol–water partition coefficient (Wildman–Crippen LogP) is 3.97. The molecule has 3 aromatic rings. The number of benzene rings is 2. The van der Waals surface area contributed by atoms with Gasteiger partial charge in [0.15, 0.2) is 4.80 Å². The van der Waals surface area contributed by atoms with Crippen molar-refractivity contribution in [3.8, 4) is 5.75 Å². The van der Waals surface area contributed by atoms with Crippen molar-refractivity contribution in [3.05, 3.63) is 58.4 Å². The topological polar surface area (TPSA) is 96.2 Å². The van der Waals surface area contributed by atoms with Crippen molar-refractivity contribution < 1.29 is 28.6 Å². The quantitative estimate of drug-likeness (QED) is 0.347. The lowest BCUT2D eigenvalue weighted by atomic mass is 10.2. The molecule has 174 valence electrons. The van der Waals surface area contributed by atoms with E-state index in [4.69, 9.17) is 14.2 Å². The molecule has 0 spiro atoms. The molecule has 0 saturated heterocycles. The van der Waals surface area contributed by atoms with Crippen LogP contribution in [0.15, 0.2) is 47.5 Å². The molecule has 0 bridgehead atoms. The van der Waals surface area contributed by atoms with Crippen molar-refractivity contribution >= 4 is 39.4 Å². The number of thiazole rings is 1. The van der Waals surface area contributed by atoms with Crippen LogP contribution in [0.4, 0.5) is 0 Å². The average molecular weight is 471 g/mol. The number of aromatic nitrogens is 1. The first kappa shape index (κ1) is 24.2. The van der Waals surface area contributed by atoms with Gasteiger partial charge in [-0.2, -0.15) is 4.99 Å². The highest BCUT2D eigenvalue weighted by Gasteiger charge is 2.15. The summed E-state index contributed by atoms with van der Waals surface area (Å²) in [5.74, 6) is -0.684. The minimum Gasteiger partial charge on any atom is -0.494 e. The number of fused-ring (bicyclic) bond motifs is 1. The Morgan fingerprint density at radius 3 is 2.42 bits per heavy atom. The fourth-order valence-corrected chi connectivity index (χ4v) is 4.14. The first-order valence-electron chi connectivity index (χ1n) is 10.7. The van der Waals surface area contributed by atoms with E-state index in [9.17, 15) is 14.4 Å². The number of nitrogens with zero attached hydrogens (tertiary/aromatic N) is 2. The van der Waals surface area contributed by atoms with Crippen LogP contribution in [0.25, 0.3) is 10.2 Å². The summed E-state index contributed by atoms with van der Waals surface area (Å²) in [5.41, 5.74) is 1.42. The summed E-state index contributed by atoms with van der Waals surface area (Å²) in [5, 5.41) is 0. The fraction of sp³-hybridized carbons (Fsp3) is 0.333. The lowest BCUT2D eigenvalue weighted by molar-refractivity contribution is -0.143. The van der Waals surface area contributed by atoms with Crippen LogP contribution >= 0.6 is 11.3 Å². The summed E-state index contributed by atoms with van der Waals surface area (Å²) >= 11 is 1.20. The number of ether oxygens (including phenoxy) is 3. The molecule has 0 atom stereocenters. The van der Waals surface area contributed by atoms with Gasteiger partial charge < -0.3 is 18.8 Å². The Morgan fingerprint density at radius 1 is 1.03 bits per heavy atom. The lowest BCUT2D eigenvalue weighted by Gasteiger charge is -2.06. The normalized spacial score (nSPS) is 11.4. The maximum Gasteiger partial charge on any atom is 0.337 e. The molecule has 2 aromatic carbocycles. The molecule has 0 aliphatic carbocycles. The summed E-state index contributed by atoms with van der Waals surface area (Å²) in [6, 6.07) is 11.7. The van der Waals surface area contributed by atoms with Crippen molar-refractivity contribution in [3.63, 3.8) is 0 Å². The summed E-state index contributed by atoms with van der Waals surface area (Å²) < 4.78 is 17.8. The Balaban J connectivity index is 1.97. The van der Waals surface area contributed by atoms with Gasteiger partial charge in [-0.3, -0.25) is 9.59 Å². The van der Waals surface area contributed by atoms with Crippen LogP contribution in [0.3, 0.4) is 0 Å². The number of carbonyl (C=O) groups excluding carboxylic acids is 3. The predicted molar refractivity (Wildman–Crippen MR) is 125 cm³/mol. The van der Waals surface area contributed by atoms with E-state index in [0.29, 0.717) is 38.5 Å². The molecular weight excluding hydrogens is 444 g/mol. The van der Waals surface area contributed by atoms with Gasteiger partial charge >= 0.3 is 11.9 Å². The number of methoxy groups -OCH3 is 1. The van der Waals surface area contributed by atoms with Gasteiger partial charge in [0, 0.05) is 5.56 Å². The van der Waals surface area contributed by atoms with E-state index in [1.807, 2.05) is 0 Å². The van der Waals surface area contributed by atoms with Crippen LogP contribution in [-0.2, 0) is 20.8 Å². The molecule has 8 nitrogen and oxygen atoms in total. The molecule has 33 heavy (non-hydrogen) atoms. The van der Waals surface area contributed by atoms with E-state index < -0.39 is 17.8 Å². The highest BCUT2D eigenvalue weighted by Crippen LogP contribution is 2.20. The lowest BCUT2D eigenvalue weighted by Crippen LogP contribution is -2.23. The molecular formula is C24H26N2O6S. The molecule has 0 N–H and O–H groups in total. The summed E-state index contributed by atoms with van der Waals surface area (Å²) in [4.78, 5) is 41.5. The van der Waals surface area contributed by atoms with Crippen molar-refractivity contribution in [2.45, 2.75) is 33.2 Å². The van der Waals surface area contributed by atoms with Crippen LogP contribution in [0.2, 0.25) is 0 Å². The fourth-order valence-electron chi connectivity index (χ4n) is 3.07. The molecule has 0 radical (unpaired) electrons. The van der Waals surface area contributed by atoms with Crippen LogP contribution in [0.5, 0.6) is 5.75 Å². The highest BCUT2D eigenvalue weighted by molar-refractivity contribution is 7.16. The smallest absolute Gasteiger partial charge is 0.337 e. The molecule has 1 heterocycles. The Morgan fingerprint density at radius 2 is 1.76 bits per heavy atom. The van der Waals surface area contributed by atoms with E-state index in [0.717, 1.165) is 12.8 Å². The number of esters is 2. The van der Waals surface area contributed by atoms with E-state index in [1.54, 1.807) is 54.0 Å². The SMILES string of the molecule is CCCCOc1ccc(C(=O)N=c2sc3cc(C(=O)OC)ccc3n2CC(=O)OCC)cc1. The second-order valence-electron chi connectivity index (χ2n) is 7.09. The zero-order valence-corrected chi connectivity index (χ0v) is 19.6. The number of carbonyl (C=O) groups is 3. The van der Waals surface area contributed by atoms with Crippen molar-refractivity contribution in [1.29, 1.82) is 0 Å². The molecule has 0 fully saturated rings. The second kappa shape index (κ2) is 11.4. The molecule has 0 saturated carbocycles.